The van der Waals surface area contributed by atoms with Gasteiger partial charge in [-0.25, -0.2) is 15.0 Å². The van der Waals surface area contributed by atoms with E-state index in [0.29, 0.717) is 17.5 Å². The maximum absolute atomic E-state index is 6.38. The highest BCUT2D eigenvalue weighted by Gasteiger charge is 2.18. The third kappa shape index (κ3) is 4.54. The van der Waals surface area contributed by atoms with Gasteiger partial charge >= 0.3 is 0 Å². The van der Waals surface area contributed by atoms with Crippen molar-refractivity contribution in [3.05, 3.63) is 152 Å². The molecule has 0 aliphatic carbocycles. The van der Waals surface area contributed by atoms with Crippen molar-refractivity contribution in [3.8, 4) is 56.6 Å². The molecule has 6 aromatic carbocycles. The molecule has 0 saturated heterocycles. The molecule has 5 heteroatoms. The van der Waals surface area contributed by atoms with Crippen LogP contribution in [0.4, 0.5) is 0 Å². The Bertz CT molecular complexity index is 2500. The summed E-state index contributed by atoms with van der Waals surface area (Å²) in [5, 5.41) is 3.16. The molecular weight excluding hydrogens is 566 g/mol. The standard InChI is InChI=1S/C41H25N3O2/c1-2-10-26(11-3-1)29-13-8-14-31(24-29)40-42-39(28-22-20-27(21-23-28)37-25-30-12-4-6-18-35(30)45-37)43-41(44-40)34-17-9-16-33-32-15-5-7-19-36(32)46-38(33)34/h1-25H. The van der Waals surface area contributed by atoms with Crippen molar-refractivity contribution >= 4 is 32.9 Å². The third-order valence-electron chi connectivity index (χ3n) is 8.36. The molecule has 0 saturated carbocycles. The predicted molar refractivity (Wildman–Crippen MR) is 184 cm³/mol. The van der Waals surface area contributed by atoms with Crippen LogP contribution in [-0.2, 0) is 0 Å². The second-order valence-electron chi connectivity index (χ2n) is 11.3. The highest BCUT2D eigenvalue weighted by Crippen LogP contribution is 2.36. The molecule has 0 N–H and O–H groups in total. The molecule has 0 amide bonds. The fraction of sp³-hybridized carbons (Fsp3) is 0. The summed E-state index contributed by atoms with van der Waals surface area (Å²) in [6.45, 7) is 0. The first-order valence-electron chi connectivity index (χ1n) is 15.2. The highest BCUT2D eigenvalue weighted by atomic mass is 16.3. The molecular formula is C41H25N3O2. The number of furan rings is 2. The number of benzene rings is 6. The Morgan fingerprint density at radius 1 is 0.370 bits per heavy atom. The zero-order valence-electron chi connectivity index (χ0n) is 24.6. The zero-order valence-corrected chi connectivity index (χ0v) is 24.6. The normalized spacial score (nSPS) is 11.5. The number of para-hydroxylation sites is 3. The van der Waals surface area contributed by atoms with Gasteiger partial charge in [-0.3, -0.25) is 0 Å². The number of aromatic nitrogens is 3. The average Bonchev–Trinajstić information content (AvgIpc) is 3.74. The van der Waals surface area contributed by atoms with Gasteiger partial charge in [0.15, 0.2) is 17.5 Å². The molecule has 9 aromatic rings. The smallest absolute Gasteiger partial charge is 0.167 e. The first-order chi connectivity index (χ1) is 22.8. The molecule has 9 rings (SSSR count). The highest BCUT2D eigenvalue weighted by molar-refractivity contribution is 6.09. The van der Waals surface area contributed by atoms with Gasteiger partial charge < -0.3 is 8.83 Å². The van der Waals surface area contributed by atoms with Crippen LogP contribution in [0.3, 0.4) is 0 Å². The quantitative estimate of drug-likeness (QED) is 0.199. The molecule has 3 aromatic heterocycles. The molecule has 0 spiro atoms. The summed E-state index contributed by atoms with van der Waals surface area (Å²) in [6.07, 6.45) is 0. The molecule has 0 unspecified atom stereocenters. The lowest BCUT2D eigenvalue weighted by atomic mass is 10.0. The van der Waals surface area contributed by atoms with Gasteiger partial charge in [0, 0.05) is 32.8 Å². The minimum absolute atomic E-state index is 0.552. The van der Waals surface area contributed by atoms with E-state index >= 15 is 0 Å². The first-order valence-corrected chi connectivity index (χ1v) is 15.2. The van der Waals surface area contributed by atoms with Crippen molar-refractivity contribution in [1.29, 1.82) is 0 Å². The van der Waals surface area contributed by atoms with Crippen molar-refractivity contribution in [2.24, 2.45) is 0 Å². The van der Waals surface area contributed by atoms with Gasteiger partial charge in [-0.2, -0.15) is 0 Å². The lowest BCUT2D eigenvalue weighted by Crippen LogP contribution is -2.00. The SMILES string of the molecule is c1ccc(-c2cccc(-c3nc(-c4ccc(-c5cc6ccccc6o5)cc4)nc(-c4cccc5c4oc4ccccc45)n3)c2)cc1. The Morgan fingerprint density at radius 2 is 1.00 bits per heavy atom. The van der Waals surface area contributed by atoms with E-state index in [1.165, 1.54) is 0 Å². The molecule has 0 bridgehead atoms. The van der Waals surface area contributed by atoms with Crippen LogP contribution >= 0.6 is 0 Å². The summed E-state index contributed by atoms with van der Waals surface area (Å²) in [5.74, 6) is 2.54. The van der Waals surface area contributed by atoms with E-state index in [-0.39, 0.29) is 0 Å². The summed E-state index contributed by atoms with van der Waals surface area (Å²) >= 11 is 0. The largest absolute Gasteiger partial charge is 0.456 e. The van der Waals surface area contributed by atoms with Crippen LogP contribution in [0.5, 0.6) is 0 Å². The zero-order chi connectivity index (χ0) is 30.5. The van der Waals surface area contributed by atoms with Crippen molar-refractivity contribution in [1.82, 2.24) is 15.0 Å². The van der Waals surface area contributed by atoms with Gasteiger partial charge in [0.25, 0.3) is 0 Å². The van der Waals surface area contributed by atoms with E-state index in [1.54, 1.807) is 0 Å². The van der Waals surface area contributed by atoms with Crippen molar-refractivity contribution < 1.29 is 8.83 Å². The van der Waals surface area contributed by atoms with Crippen LogP contribution in [0.1, 0.15) is 0 Å². The first kappa shape index (κ1) is 26.1. The molecule has 0 aliphatic rings. The van der Waals surface area contributed by atoms with E-state index < -0.39 is 0 Å². The average molecular weight is 592 g/mol. The number of hydrogen-bond donors (Lipinski definition) is 0. The lowest BCUT2D eigenvalue weighted by Gasteiger charge is -2.10. The second-order valence-corrected chi connectivity index (χ2v) is 11.3. The summed E-state index contributed by atoms with van der Waals surface area (Å²) in [5.41, 5.74) is 8.26. The van der Waals surface area contributed by atoms with Gasteiger partial charge in [-0.1, -0.05) is 121 Å². The van der Waals surface area contributed by atoms with Crippen LogP contribution in [0.25, 0.3) is 89.5 Å². The van der Waals surface area contributed by atoms with E-state index in [0.717, 1.165) is 72.0 Å². The van der Waals surface area contributed by atoms with Gasteiger partial charge in [0.05, 0.1) is 5.56 Å². The Morgan fingerprint density at radius 3 is 1.85 bits per heavy atom. The Balaban J connectivity index is 1.20. The maximum atomic E-state index is 6.38. The summed E-state index contributed by atoms with van der Waals surface area (Å²) < 4.78 is 12.5. The summed E-state index contributed by atoms with van der Waals surface area (Å²) in [6, 6.07) is 51.1. The molecule has 5 nitrogen and oxygen atoms in total. The molecule has 46 heavy (non-hydrogen) atoms. The third-order valence-corrected chi connectivity index (χ3v) is 8.36. The molecule has 3 heterocycles. The van der Waals surface area contributed by atoms with Gasteiger partial charge in [0.1, 0.15) is 22.5 Å². The summed E-state index contributed by atoms with van der Waals surface area (Å²) in [7, 11) is 0. The number of fused-ring (bicyclic) bond motifs is 4. The van der Waals surface area contributed by atoms with Crippen molar-refractivity contribution in [2.45, 2.75) is 0 Å². The molecule has 0 fully saturated rings. The van der Waals surface area contributed by atoms with Gasteiger partial charge in [-0.15, -0.1) is 0 Å². The Hall–Kier alpha value is -6.33. The second kappa shape index (κ2) is 10.7. The van der Waals surface area contributed by atoms with E-state index in [9.17, 15) is 0 Å². The predicted octanol–water partition coefficient (Wildman–Crippen LogP) is 10.9. The molecule has 0 radical (unpaired) electrons. The number of nitrogens with zero attached hydrogens (tertiary/aromatic N) is 3. The molecule has 216 valence electrons. The fourth-order valence-electron chi connectivity index (χ4n) is 6.05. The topological polar surface area (TPSA) is 65.0 Å². The monoisotopic (exact) mass is 591 g/mol. The van der Waals surface area contributed by atoms with E-state index in [1.807, 2.05) is 103 Å². The van der Waals surface area contributed by atoms with E-state index in [4.69, 9.17) is 23.8 Å². The van der Waals surface area contributed by atoms with Crippen molar-refractivity contribution in [2.75, 3.05) is 0 Å². The summed E-state index contributed by atoms with van der Waals surface area (Å²) in [4.78, 5) is 15.1. The van der Waals surface area contributed by atoms with Crippen molar-refractivity contribution in [3.63, 3.8) is 0 Å². The van der Waals surface area contributed by atoms with Crippen LogP contribution in [0.2, 0.25) is 0 Å². The maximum Gasteiger partial charge on any atom is 0.167 e. The number of hydrogen-bond acceptors (Lipinski definition) is 5. The van der Waals surface area contributed by atoms with Gasteiger partial charge in [0.2, 0.25) is 0 Å². The fourth-order valence-corrected chi connectivity index (χ4v) is 6.05. The Labute approximate surface area is 264 Å². The number of rotatable bonds is 5. The van der Waals surface area contributed by atoms with Crippen LogP contribution in [0, 0.1) is 0 Å². The van der Waals surface area contributed by atoms with Crippen LogP contribution < -0.4 is 0 Å². The van der Waals surface area contributed by atoms with Gasteiger partial charge in [-0.05, 0) is 41.5 Å². The molecule has 0 aliphatic heterocycles. The lowest BCUT2D eigenvalue weighted by molar-refractivity contribution is 0.631. The van der Waals surface area contributed by atoms with Crippen LogP contribution in [-0.4, -0.2) is 15.0 Å². The minimum Gasteiger partial charge on any atom is -0.456 e. The van der Waals surface area contributed by atoms with E-state index in [2.05, 4.69) is 48.5 Å². The minimum atomic E-state index is 0.552. The molecule has 0 atom stereocenters. The Kier molecular flexibility index (Phi) is 6.06. The van der Waals surface area contributed by atoms with Crippen LogP contribution in [0.15, 0.2) is 160 Å².